The number of piperazine rings is 1. The molecule has 0 atom stereocenters. The van der Waals surface area contributed by atoms with Crippen LogP contribution in [-0.2, 0) is 4.79 Å². The summed E-state index contributed by atoms with van der Waals surface area (Å²) in [6, 6.07) is 20.4. The third kappa shape index (κ3) is 3.95. The minimum Gasteiger partial charge on any atom is -0.369 e. The van der Waals surface area contributed by atoms with Gasteiger partial charge in [-0.2, -0.15) is 0 Å². The predicted octanol–water partition coefficient (Wildman–Crippen LogP) is 2.86. The molecule has 2 aromatic carbocycles. The molecule has 0 unspecified atom stereocenters. The van der Waals surface area contributed by atoms with E-state index in [0.29, 0.717) is 13.1 Å². The van der Waals surface area contributed by atoms with E-state index in [2.05, 4.69) is 34.1 Å². The zero-order chi connectivity index (χ0) is 16.8. The molecular weight excluding hydrogens is 298 g/mol. The zero-order valence-corrected chi connectivity index (χ0v) is 14.3. The number of hydrogen-bond donors (Lipinski definition) is 0. The van der Waals surface area contributed by atoms with Gasteiger partial charge in [-0.15, -0.1) is 0 Å². The van der Waals surface area contributed by atoms with Crippen LogP contribution in [0.15, 0.2) is 60.7 Å². The first-order valence-electron chi connectivity index (χ1n) is 8.65. The number of para-hydroxylation sites is 2. The van der Waals surface area contributed by atoms with Crippen LogP contribution in [-0.4, -0.2) is 50.1 Å². The van der Waals surface area contributed by atoms with Crippen molar-refractivity contribution in [3.63, 3.8) is 0 Å². The molecule has 1 amide bonds. The second-order valence-electron chi connectivity index (χ2n) is 6.07. The van der Waals surface area contributed by atoms with Gasteiger partial charge in [0.25, 0.3) is 0 Å². The van der Waals surface area contributed by atoms with Crippen molar-refractivity contribution in [2.75, 3.05) is 49.1 Å². The summed E-state index contributed by atoms with van der Waals surface area (Å²) >= 11 is 0. The van der Waals surface area contributed by atoms with Gasteiger partial charge in [0.15, 0.2) is 0 Å². The number of anilines is 2. The molecule has 2 aromatic rings. The Morgan fingerprint density at radius 1 is 0.917 bits per heavy atom. The lowest BCUT2D eigenvalue weighted by Gasteiger charge is -2.36. The molecule has 0 radical (unpaired) electrons. The van der Waals surface area contributed by atoms with Gasteiger partial charge in [-0.05, 0) is 31.2 Å². The van der Waals surface area contributed by atoms with Gasteiger partial charge in [-0.1, -0.05) is 36.4 Å². The van der Waals surface area contributed by atoms with Crippen molar-refractivity contribution >= 4 is 17.3 Å². The van der Waals surface area contributed by atoms with Crippen molar-refractivity contribution in [3.8, 4) is 0 Å². The third-order valence-corrected chi connectivity index (χ3v) is 4.54. The van der Waals surface area contributed by atoms with Gasteiger partial charge in [0.05, 0.1) is 6.54 Å². The first kappa shape index (κ1) is 16.5. The van der Waals surface area contributed by atoms with Crippen LogP contribution in [0.5, 0.6) is 0 Å². The average molecular weight is 323 g/mol. The molecule has 0 aliphatic carbocycles. The molecule has 4 heteroatoms. The molecule has 24 heavy (non-hydrogen) atoms. The van der Waals surface area contributed by atoms with Crippen LogP contribution in [0.2, 0.25) is 0 Å². The summed E-state index contributed by atoms with van der Waals surface area (Å²) in [6.07, 6.45) is 0. The maximum Gasteiger partial charge on any atom is 0.241 e. The molecule has 1 aliphatic rings. The van der Waals surface area contributed by atoms with Crippen molar-refractivity contribution in [1.82, 2.24) is 4.90 Å². The number of hydrogen-bond acceptors (Lipinski definition) is 3. The highest BCUT2D eigenvalue weighted by Crippen LogP contribution is 2.17. The van der Waals surface area contributed by atoms with Gasteiger partial charge in [-0.3, -0.25) is 9.69 Å². The summed E-state index contributed by atoms with van der Waals surface area (Å²) in [6.45, 7) is 7.00. The van der Waals surface area contributed by atoms with Gasteiger partial charge in [0.2, 0.25) is 5.91 Å². The van der Waals surface area contributed by atoms with Crippen molar-refractivity contribution in [1.29, 1.82) is 0 Å². The Morgan fingerprint density at radius 2 is 1.50 bits per heavy atom. The maximum absolute atomic E-state index is 12.7. The van der Waals surface area contributed by atoms with Gasteiger partial charge in [-0.25, -0.2) is 0 Å². The molecule has 1 heterocycles. The zero-order valence-electron chi connectivity index (χ0n) is 14.3. The molecule has 0 spiro atoms. The first-order valence-corrected chi connectivity index (χ1v) is 8.65. The molecule has 0 N–H and O–H groups in total. The summed E-state index contributed by atoms with van der Waals surface area (Å²) in [4.78, 5) is 19.2. The Balaban J connectivity index is 1.55. The molecule has 1 aliphatic heterocycles. The number of rotatable bonds is 5. The fraction of sp³-hybridized carbons (Fsp3) is 0.350. The van der Waals surface area contributed by atoms with E-state index < -0.39 is 0 Å². The van der Waals surface area contributed by atoms with Crippen molar-refractivity contribution in [3.05, 3.63) is 60.7 Å². The monoisotopic (exact) mass is 323 g/mol. The Bertz CT molecular complexity index is 636. The summed E-state index contributed by atoms with van der Waals surface area (Å²) < 4.78 is 0. The molecule has 126 valence electrons. The van der Waals surface area contributed by atoms with E-state index in [0.717, 1.165) is 31.9 Å². The Morgan fingerprint density at radius 3 is 2.08 bits per heavy atom. The van der Waals surface area contributed by atoms with Gasteiger partial charge >= 0.3 is 0 Å². The van der Waals surface area contributed by atoms with E-state index in [1.54, 1.807) is 0 Å². The van der Waals surface area contributed by atoms with Crippen LogP contribution < -0.4 is 9.80 Å². The summed E-state index contributed by atoms with van der Waals surface area (Å²) in [5, 5.41) is 0. The summed E-state index contributed by atoms with van der Waals surface area (Å²) in [7, 11) is 0. The minimum absolute atomic E-state index is 0.178. The van der Waals surface area contributed by atoms with E-state index in [4.69, 9.17) is 0 Å². The molecule has 0 aromatic heterocycles. The van der Waals surface area contributed by atoms with Crippen LogP contribution in [0.1, 0.15) is 6.92 Å². The number of carbonyl (C=O) groups is 1. The second-order valence-corrected chi connectivity index (χ2v) is 6.07. The molecule has 3 rings (SSSR count). The van der Waals surface area contributed by atoms with Gasteiger partial charge in [0, 0.05) is 44.1 Å². The topological polar surface area (TPSA) is 26.8 Å². The summed E-state index contributed by atoms with van der Waals surface area (Å²) in [5.41, 5.74) is 2.25. The van der Waals surface area contributed by atoms with Crippen molar-refractivity contribution in [2.45, 2.75) is 6.92 Å². The number of benzene rings is 2. The molecule has 4 nitrogen and oxygen atoms in total. The van der Waals surface area contributed by atoms with Crippen LogP contribution >= 0.6 is 0 Å². The minimum atomic E-state index is 0.178. The fourth-order valence-corrected chi connectivity index (χ4v) is 3.19. The van der Waals surface area contributed by atoms with E-state index >= 15 is 0 Å². The Hall–Kier alpha value is -2.33. The smallest absolute Gasteiger partial charge is 0.241 e. The van der Waals surface area contributed by atoms with Gasteiger partial charge in [0.1, 0.15) is 0 Å². The SMILES string of the molecule is CCN(C(=O)CN1CCN(c2ccccc2)CC1)c1ccccc1. The summed E-state index contributed by atoms with van der Waals surface area (Å²) in [5.74, 6) is 0.178. The molecule has 1 fully saturated rings. The number of likely N-dealkylation sites (N-methyl/N-ethyl adjacent to an activating group) is 1. The maximum atomic E-state index is 12.7. The quantitative estimate of drug-likeness (QED) is 0.846. The van der Waals surface area contributed by atoms with E-state index in [9.17, 15) is 4.79 Å². The number of nitrogens with zero attached hydrogens (tertiary/aromatic N) is 3. The van der Waals surface area contributed by atoms with Crippen LogP contribution in [0.3, 0.4) is 0 Å². The lowest BCUT2D eigenvalue weighted by molar-refractivity contribution is -0.119. The van der Waals surface area contributed by atoms with Gasteiger partial charge < -0.3 is 9.80 Å². The predicted molar refractivity (Wildman–Crippen MR) is 99.6 cm³/mol. The molecular formula is C20H25N3O. The van der Waals surface area contributed by atoms with Crippen LogP contribution in [0, 0.1) is 0 Å². The Labute approximate surface area is 144 Å². The standard InChI is InChI=1S/C20H25N3O/c1-2-23(19-11-7-4-8-12-19)20(24)17-21-13-15-22(16-14-21)18-9-5-3-6-10-18/h3-12H,2,13-17H2,1H3. The normalized spacial score (nSPS) is 15.3. The highest BCUT2D eigenvalue weighted by Gasteiger charge is 2.22. The van der Waals surface area contributed by atoms with E-state index in [1.165, 1.54) is 5.69 Å². The fourth-order valence-electron chi connectivity index (χ4n) is 3.19. The number of amides is 1. The second kappa shape index (κ2) is 7.97. The van der Waals surface area contributed by atoms with Crippen LogP contribution in [0.25, 0.3) is 0 Å². The first-order chi connectivity index (χ1) is 11.8. The Kier molecular flexibility index (Phi) is 5.49. The third-order valence-electron chi connectivity index (χ3n) is 4.54. The highest BCUT2D eigenvalue weighted by molar-refractivity contribution is 5.94. The largest absolute Gasteiger partial charge is 0.369 e. The average Bonchev–Trinajstić information content (AvgIpc) is 2.64. The highest BCUT2D eigenvalue weighted by atomic mass is 16.2. The lowest BCUT2D eigenvalue weighted by atomic mass is 10.2. The lowest BCUT2D eigenvalue weighted by Crippen LogP contribution is -2.50. The van der Waals surface area contributed by atoms with E-state index in [1.807, 2.05) is 48.2 Å². The molecule has 1 saturated heterocycles. The molecule has 0 bridgehead atoms. The number of carbonyl (C=O) groups excluding carboxylic acids is 1. The van der Waals surface area contributed by atoms with Crippen molar-refractivity contribution < 1.29 is 4.79 Å². The van der Waals surface area contributed by atoms with Crippen LogP contribution in [0.4, 0.5) is 11.4 Å². The molecule has 0 saturated carbocycles. The van der Waals surface area contributed by atoms with Crippen molar-refractivity contribution in [2.24, 2.45) is 0 Å². The van der Waals surface area contributed by atoms with E-state index in [-0.39, 0.29) is 5.91 Å².